The van der Waals surface area contributed by atoms with Gasteiger partial charge in [0.25, 0.3) is 27.8 Å². The van der Waals surface area contributed by atoms with E-state index in [-0.39, 0.29) is 111 Å². The van der Waals surface area contributed by atoms with Crippen LogP contribution in [0.4, 0.5) is 26.2 Å². The molecule has 3 aromatic carbocycles. The zero-order chi connectivity index (χ0) is 101. The lowest BCUT2D eigenvalue weighted by atomic mass is 9.39. The summed E-state index contributed by atoms with van der Waals surface area (Å²) in [5.41, 5.74) is 9.77. The van der Waals surface area contributed by atoms with Crippen LogP contribution in [-0.4, -0.2) is 325 Å². The summed E-state index contributed by atoms with van der Waals surface area (Å²) in [4.78, 5) is 136. The number of carboxylic acid groups (broad SMARTS) is 1. The number of anilines is 3. The maximum absolute atomic E-state index is 14.4. The lowest BCUT2D eigenvalue weighted by molar-refractivity contribution is -0.248. The summed E-state index contributed by atoms with van der Waals surface area (Å²) in [7, 11) is -2.93. The Balaban J connectivity index is 0.557. The quantitative estimate of drug-likeness (QED) is 0.0106. The number of aromatic carboxylic acids is 1. The number of rotatable bonds is 67. The van der Waals surface area contributed by atoms with Gasteiger partial charge in [-0.1, -0.05) is 80.6 Å². The first-order chi connectivity index (χ1) is 68.4. The molecule has 5 atom stereocenters. The Morgan fingerprint density at radius 2 is 1.24 bits per heavy atom. The van der Waals surface area contributed by atoms with E-state index in [2.05, 4.69) is 50.4 Å². The number of hydrogen-bond donors (Lipinski definition) is 7. The molecule has 4 aliphatic carbocycles. The number of nitrogens with one attached hydrogen (secondary N) is 4. The molecule has 2 unspecified atom stereocenters. The van der Waals surface area contributed by atoms with Crippen molar-refractivity contribution in [2.24, 2.45) is 33.8 Å². The van der Waals surface area contributed by atoms with Crippen molar-refractivity contribution in [1.82, 2.24) is 55.2 Å². The molecule has 4 bridgehead atoms. The third-order valence-electron chi connectivity index (χ3n) is 25.5. The van der Waals surface area contributed by atoms with Gasteiger partial charge in [-0.3, -0.25) is 48.2 Å². The molecule has 13 rings (SSSR count). The zero-order valence-corrected chi connectivity index (χ0v) is 83.3. The van der Waals surface area contributed by atoms with Gasteiger partial charge < -0.3 is 103 Å². The first kappa shape index (κ1) is 110. The molecule has 6 aliphatic rings. The SMILES string of the molecule is COCCOCCOCCOCCOCCOCCOCCOCCOCCOCCOCCOCCn1cc([C@@H](CC(=O)C[C@H](C(=O)N[C@@H](CCCNC(N)=O)C(=O)Nc2ccc(COC(=O)N(CCOC34CC5(C)CC(C)(CC(Cn6ncc(-c7ccc(N8CCc9cccc(C(=O)Nc%10nc%11ccccc%11s%10)c9C8)nc7C(=O)O)c6C)(C5)C3)C4)CCS(=O)(=O)O)cc2)C(C)C)N2C(=O)C=CC2=O)nn1. The first-order valence-corrected chi connectivity index (χ1v) is 50.7. The van der Waals surface area contributed by atoms with Crippen LogP contribution in [0.15, 0.2) is 103 Å². The Bertz CT molecular complexity index is 5420. The second kappa shape index (κ2) is 54.2. The molecule has 0 spiro atoms. The van der Waals surface area contributed by atoms with Crippen LogP contribution in [0.1, 0.15) is 147 Å². The monoisotopic (exact) mass is 2020 g/mol. The number of para-hydroxylation sites is 1. The number of ketones is 1. The first-order valence-electron chi connectivity index (χ1n) is 48.2. The fraction of sp³-hybridized carbons (Fsp3) is 0.592. The number of fused-ring (bicyclic) bond motifs is 2. The van der Waals surface area contributed by atoms with Gasteiger partial charge in [-0.25, -0.2) is 29.0 Å². The van der Waals surface area contributed by atoms with E-state index in [1.54, 1.807) is 63.6 Å². The number of carbonyl (C=O) groups is 9. The highest BCUT2D eigenvalue weighted by atomic mass is 32.2. The topological polar surface area (TPSA) is 516 Å². The maximum Gasteiger partial charge on any atom is 0.410 e. The van der Waals surface area contributed by atoms with Gasteiger partial charge in [0.1, 0.15) is 29.9 Å². The van der Waals surface area contributed by atoms with Crippen LogP contribution in [0.5, 0.6) is 0 Å². The number of Topliss-reactive ketones (excluding diaryl/α,β-unsaturated/α-hetero) is 1. The van der Waals surface area contributed by atoms with Crippen LogP contribution in [0.25, 0.3) is 21.3 Å². The lowest BCUT2D eigenvalue weighted by Gasteiger charge is -2.69. The Kier molecular flexibility index (Phi) is 42.0. The molecule has 8 N–H and O–H groups in total. The number of nitrogens with two attached hydrogens (primary N) is 1. The Hall–Kier alpha value is -10.8. The van der Waals surface area contributed by atoms with E-state index in [0.717, 1.165) is 76.2 Å². The molecule has 6 heterocycles. The smallest absolute Gasteiger partial charge is 0.410 e. The van der Waals surface area contributed by atoms with Gasteiger partial charge in [0.2, 0.25) is 11.8 Å². The molecular weight excluding hydrogens is 1880 g/mol. The minimum Gasteiger partial charge on any atom is -0.476 e. The summed E-state index contributed by atoms with van der Waals surface area (Å²) in [6, 6.07) is 20.0. The van der Waals surface area contributed by atoms with Crippen LogP contribution in [0.2, 0.25) is 0 Å². The van der Waals surface area contributed by atoms with E-state index in [9.17, 15) is 61.2 Å². The van der Waals surface area contributed by atoms with Crippen molar-refractivity contribution in [3.8, 4) is 11.1 Å². The predicted molar refractivity (Wildman–Crippen MR) is 520 cm³/mol. The number of carbonyl (C=O) groups excluding carboxylic acids is 8. The second-order valence-corrected chi connectivity index (χ2v) is 39.9. The molecule has 4 saturated carbocycles. The number of primary amides is 1. The molecule has 0 radical (unpaired) electrons. The normalized spacial score (nSPS) is 18.7. The van der Waals surface area contributed by atoms with E-state index in [1.165, 1.54) is 27.1 Å². The number of pyridine rings is 1. The minimum absolute atomic E-state index is 0.000870. The zero-order valence-electron chi connectivity index (χ0n) is 81.7. The summed E-state index contributed by atoms with van der Waals surface area (Å²) in [6.07, 6.45) is 9.33. The van der Waals surface area contributed by atoms with Crippen LogP contribution in [0, 0.1) is 35.0 Å². The fourth-order valence-corrected chi connectivity index (χ4v) is 21.2. The van der Waals surface area contributed by atoms with Crippen molar-refractivity contribution in [3.05, 3.63) is 143 Å². The molecule has 4 aromatic heterocycles. The van der Waals surface area contributed by atoms with Gasteiger partial charge in [-0.2, -0.15) is 13.5 Å². The number of methoxy groups -OCH3 is 1. The molecule has 7 aromatic rings. The van der Waals surface area contributed by atoms with Crippen molar-refractivity contribution in [3.63, 3.8) is 0 Å². The van der Waals surface area contributed by atoms with E-state index < -0.39 is 106 Å². The minimum atomic E-state index is -4.55. The maximum atomic E-state index is 14.4. The summed E-state index contributed by atoms with van der Waals surface area (Å²) in [5.74, 6) is -6.48. The highest BCUT2D eigenvalue weighted by Gasteiger charge is 2.66. The third-order valence-corrected chi connectivity index (χ3v) is 27.1. The fourth-order valence-electron chi connectivity index (χ4n) is 19.9. The molecule has 776 valence electrons. The molecule has 2 aliphatic heterocycles. The largest absolute Gasteiger partial charge is 0.476 e. The van der Waals surface area contributed by atoms with Crippen LogP contribution in [0.3, 0.4) is 0 Å². The van der Waals surface area contributed by atoms with E-state index in [1.807, 2.05) is 59.0 Å². The number of ether oxygens (including phenoxy) is 14. The Morgan fingerprint density at radius 1 is 0.648 bits per heavy atom. The highest BCUT2D eigenvalue weighted by molar-refractivity contribution is 7.85. The number of nitrogens with zero attached hydrogens (tertiary/aromatic N) is 10. The Labute approximate surface area is 830 Å². The number of amides is 8. The van der Waals surface area contributed by atoms with Gasteiger partial charge >= 0.3 is 18.1 Å². The molecular formula is C98H135N15O27S2. The van der Waals surface area contributed by atoms with E-state index >= 15 is 0 Å². The van der Waals surface area contributed by atoms with Crippen LogP contribution < -0.4 is 31.9 Å². The number of aromatic nitrogens is 7. The lowest BCUT2D eigenvalue weighted by Crippen LogP contribution is -2.64. The summed E-state index contributed by atoms with van der Waals surface area (Å²) < 4.78 is 117. The molecule has 42 nitrogen and oxygen atoms in total. The number of imide groups is 1. The van der Waals surface area contributed by atoms with E-state index in [0.29, 0.717) is 198 Å². The molecule has 0 saturated heterocycles. The molecule has 44 heteroatoms. The third kappa shape index (κ3) is 33.4. The van der Waals surface area contributed by atoms with Gasteiger partial charge in [0.15, 0.2) is 10.8 Å². The standard InChI is InChI=1S/C98H135N15O27S2/c1-68(2)76(55-73(114)56-82(113-85(115)22-23-86(113)116)81-59-111(108-107-81)28-30-128-34-35-130-38-39-132-42-43-134-46-47-136-50-51-138-53-52-137-49-48-135-45-44-133-41-40-131-37-36-129-33-32-127-6)89(118)103-80(14-10-25-100-92(99)122)90(119)102-72-18-16-70(17-19-72)60-139-94(123)109(29-54-142(124,125)126)27-31-140-98-64-95(4)61-96(5,65-98)63-97(62-95,66-98)67-112-69(3)77(57-101-112)74-20-21-84(105-87(74)91(120)121)110-26-24-71-11-9-12-75(78(71)58-110)88(117)106-93-104-79-13-7-8-15-83(79)141-93/h7-9,11-13,15-23,57,59,68,76,80,82H,10,14,24-56,58,60-67H2,1-6H3,(H,102,119)(H,103,118)(H,120,121)(H3,99,100,122)(H,104,106,117)(H,124,125,126)/t76-,80-,82+,95?,96?,97?,98?/m0/s1. The van der Waals surface area contributed by atoms with Crippen molar-refractivity contribution >= 4 is 102 Å². The summed E-state index contributed by atoms with van der Waals surface area (Å²) in [6.45, 7) is 20.4. The number of benzene rings is 3. The number of carboxylic acids is 1. The average molecular weight is 2020 g/mol. The van der Waals surface area contributed by atoms with Crippen molar-refractivity contribution < 1.29 is 128 Å². The Morgan fingerprint density at radius 3 is 1.81 bits per heavy atom. The van der Waals surface area contributed by atoms with Crippen molar-refractivity contribution in [1.29, 1.82) is 0 Å². The van der Waals surface area contributed by atoms with Crippen molar-refractivity contribution in [2.45, 2.75) is 149 Å². The number of hydrogen-bond acceptors (Lipinski definition) is 32. The van der Waals surface area contributed by atoms with Crippen LogP contribution in [-0.2, 0) is 133 Å². The highest BCUT2D eigenvalue weighted by Crippen LogP contribution is 2.72. The van der Waals surface area contributed by atoms with Gasteiger partial charge in [0, 0.05) is 105 Å². The van der Waals surface area contributed by atoms with E-state index in [4.69, 9.17) is 82.1 Å². The molecule has 4 fully saturated rings. The van der Waals surface area contributed by atoms with Crippen molar-refractivity contribution in [2.75, 3.05) is 213 Å². The summed E-state index contributed by atoms with van der Waals surface area (Å²) in [5, 5.41) is 35.8. The van der Waals surface area contributed by atoms with Gasteiger partial charge in [0.05, 0.1) is 205 Å². The second-order valence-electron chi connectivity index (χ2n) is 37.3. The number of urea groups is 1. The predicted octanol–water partition coefficient (Wildman–Crippen LogP) is 8.62. The molecule has 8 amide bonds. The number of thiazole rings is 1. The van der Waals surface area contributed by atoms with Gasteiger partial charge in [-0.15, -0.1) is 5.10 Å². The average Bonchev–Trinajstić information content (AvgIpc) is 0.968. The summed E-state index contributed by atoms with van der Waals surface area (Å²) >= 11 is 1.39. The van der Waals surface area contributed by atoms with Crippen LogP contribution >= 0.6 is 11.3 Å². The van der Waals surface area contributed by atoms with Gasteiger partial charge in [-0.05, 0) is 146 Å². The molecule has 142 heavy (non-hydrogen) atoms.